The van der Waals surface area contributed by atoms with Gasteiger partial charge in [-0.3, -0.25) is 34.9 Å². The first kappa shape index (κ1) is 22.5. The van der Waals surface area contributed by atoms with Gasteiger partial charge in [0.25, 0.3) is 23.6 Å². The van der Waals surface area contributed by atoms with Crippen molar-refractivity contribution in [3.05, 3.63) is 65.0 Å². The monoisotopic (exact) mass is 461 g/mol. The molecule has 34 heavy (non-hydrogen) atoms. The van der Waals surface area contributed by atoms with Gasteiger partial charge in [0.1, 0.15) is 11.4 Å². The highest BCUT2D eigenvalue weighted by atomic mass is 16.2. The lowest BCUT2D eigenvalue weighted by molar-refractivity contribution is 0.0608. The zero-order valence-electron chi connectivity index (χ0n) is 18.3. The van der Waals surface area contributed by atoms with Crippen LogP contribution < -0.4 is 22.3 Å². The number of amides is 4. The minimum Gasteiger partial charge on any atom is -0.370 e. The number of imide groups is 1. The van der Waals surface area contributed by atoms with Crippen LogP contribution in [0.25, 0.3) is 10.8 Å². The predicted molar refractivity (Wildman–Crippen MR) is 126 cm³/mol. The quantitative estimate of drug-likeness (QED) is 0.154. The van der Waals surface area contributed by atoms with Crippen LogP contribution in [0.4, 0.5) is 5.69 Å². The minimum atomic E-state index is -0.710. The molecule has 0 aliphatic carbocycles. The van der Waals surface area contributed by atoms with Crippen molar-refractivity contribution in [1.82, 2.24) is 15.3 Å². The van der Waals surface area contributed by atoms with Crippen molar-refractivity contribution in [2.75, 3.05) is 12.0 Å². The number of aromatic nitrogens is 1. The van der Waals surface area contributed by atoms with Gasteiger partial charge < -0.3 is 16.5 Å². The number of unbranched alkanes of at least 4 members (excludes halogenated alkanes) is 1. The van der Waals surface area contributed by atoms with E-state index in [0.717, 1.165) is 12.8 Å². The molecule has 174 valence electrons. The van der Waals surface area contributed by atoms with E-state index < -0.39 is 11.8 Å². The molecule has 1 aliphatic heterocycles. The summed E-state index contributed by atoms with van der Waals surface area (Å²) in [5.74, 6) is -2.32. The van der Waals surface area contributed by atoms with Gasteiger partial charge in [-0.2, -0.15) is 4.99 Å². The zero-order chi connectivity index (χ0) is 24.4. The highest BCUT2D eigenvalue weighted by Crippen LogP contribution is 2.34. The predicted octanol–water partition coefficient (Wildman–Crippen LogP) is 1.73. The van der Waals surface area contributed by atoms with Crippen LogP contribution in [0.1, 0.15) is 61.5 Å². The third-order valence-corrected chi connectivity index (χ3v) is 5.43. The molecule has 11 heteroatoms. The van der Waals surface area contributed by atoms with Crippen LogP contribution in [-0.2, 0) is 0 Å². The summed E-state index contributed by atoms with van der Waals surface area (Å²) in [4.78, 5) is 57.7. The summed E-state index contributed by atoms with van der Waals surface area (Å²) in [5.41, 5.74) is 17.3. The lowest BCUT2D eigenvalue weighted by Crippen LogP contribution is -2.41. The van der Waals surface area contributed by atoms with Gasteiger partial charge in [-0.05, 0) is 36.8 Å². The van der Waals surface area contributed by atoms with Gasteiger partial charge in [-0.15, -0.1) is 0 Å². The zero-order valence-corrected chi connectivity index (χ0v) is 18.3. The number of carbonyl (C=O) groups excluding carboxylic acids is 4. The molecule has 1 aromatic heterocycles. The first-order valence-corrected chi connectivity index (χ1v) is 10.6. The van der Waals surface area contributed by atoms with Crippen LogP contribution in [-0.4, -0.2) is 46.0 Å². The van der Waals surface area contributed by atoms with Crippen LogP contribution in [0, 0.1) is 0 Å². The highest BCUT2D eigenvalue weighted by Gasteiger charge is 2.32. The maximum atomic E-state index is 13.0. The Hall–Kier alpha value is -4.67. The fourth-order valence-corrected chi connectivity index (χ4v) is 3.80. The van der Waals surface area contributed by atoms with E-state index in [1.165, 1.54) is 17.0 Å². The van der Waals surface area contributed by atoms with Crippen LogP contribution in [0.3, 0.4) is 0 Å². The summed E-state index contributed by atoms with van der Waals surface area (Å²) in [6, 6.07) is 11.3. The van der Waals surface area contributed by atoms with E-state index >= 15 is 0 Å². The Kier molecular flexibility index (Phi) is 6.00. The highest BCUT2D eigenvalue weighted by molar-refractivity contribution is 6.26. The second-order valence-electron chi connectivity index (χ2n) is 7.71. The van der Waals surface area contributed by atoms with E-state index in [1.54, 1.807) is 30.3 Å². The lowest BCUT2D eigenvalue weighted by Gasteiger charge is -2.27. The van der Waals surface area contributed by atoms with E-state index in [1.807, 2.05) is 6.92 Å². The first-order chi connectivity index (χ1) is 16.3. The number of nitrogens with one attached hydrogen (secondary N) is 3. The van der Waals surface area contributed by atoms with Crippen molar-refractivity contribution in [3.63, 3.8) is 0 Å². The molecule has 4 rings (SSSR count). The minimum absolute atomic E-state index is 0.0461. The Morgan fingerprint density at radius 3 is 2.41 bits per heavy atom. The van der Waals surface area contributed by atoms with Crippen LogP contribution >= 0.6 is 0 Å². The van der Waals surface area contributed by atoms with Crippen LogP contribution in [0.2, 0.25) is 0 Å². The molecule has 0 saturated carbocycles. The van der Waals surface area contributed by atoms with Gasteiger partial charge >= 0.3 is 0 Å². The Morgan fingerprint density at radius 1 is 1.00 bits per heavy atom. The number of anilines is 1. The molecule has 7 N–H and O–H groups in total. The summed E-state index contributed by atoms with van der Waals surface area (Å²) in [5, 5.41) is 1.15. The van der Waals surface area contributed by atoms with E-state index in [9.17, 15) is 19.2 Å². The molecule has 0 saturated heterocycles. The van der Waals surface area contributed by atoms with E-state index in [-0.39, 0.29) is 29.2 Å². The maximum Gasteiger partial charge on any atom is 0.296 e. The second kappa shape index (κ2) is 9.06. The van der Waals surface area contributed by atoms with Crippen LogP contribution in [0.15, 0.2) is 47.5 Å². The van der Waals surface area contributed by atoms with Crippen molar-refractivity contribution in [1.29, 1.82) is 0 Å². The molecule has 2 heterocycles. The number of hydrazine groups is 1. The number of rotatable bonds is 7. The molecule has 1 aliphatic rings. The number of hydrogen-bond acceptors (Lipinski definition) is 5. The van der Waals surface area contributed by atoms with Gasteiger partial charge in [-0.1, -0.05) is 25.5 Å². The molecule has 0 atom stereocenters. The largest absolute Gasteiger partial charge is 0.370 e. The Labute approximate surface area is 194 Å². The fourth-order valence-electron chi connectivity index (χ4n) is 3.80. The molecule has 3 aromatic rings. The fraction of sp³-hybridized carbons (Fsp3) is 0.174. The summed E-state index contributed by atoms with van der Waals surface area (Å²) in [6.07, 6.45) is 1.59. The number of aliphatic imine (C=N–C) groups is 1. The van der Waals surface area contributed by atoms with Crippen molar-refractivity contribution < 1.29 is 19.2 Å². The molecule has 4 amide bonds. The smallest absolute Gasteiger partial charge is 0.296 e. The van der Waals surface area contributed by atoms with Gasteiger partial charge in [-0.25, -0.2) is 0 Å². The first-order valence-electron chi connectivity index (χ1n) is 10.6. The normalized spacial score (nSPS) is 12.6. The van der Waals surface area contributed by atoms with Crippen molar-refractivity contribution in [2.24, 2.45) is 16.5 Å². The third kappa shape index (κ3) is 4.06. The Morgan fingerprint density at radius 2 is 1.71 bits per heavy atom. The molecule has 0 unspecified atom stereocenters. The molecule has 2 aromatic carbocycles. The average molecular weight is 461 g/mol. The standard InChI is InChI=1S/C23H23N7O4/c1-2-3-11-30-21(33)13-6-4-5-12-15(8-7-14(18(12)13)22(30)34)28-29-20(32)17-10-9-16(26-17)19(31)27-23(24)25/h4-10,26,28H,2-3,11H2,1H3,(H,29,32)(H4,24,25,27,31). The number of H-pyrrole nitrogens is 1. The van der Waals surface area contributed by atoms with E-state index in [0.29, 0.717) is 34.1 Å². The molecular weight excluding hydrogens is 438 g/mol. The number of carbonyl (C=O) groups is 4. The number of nitrogens with zero attached hydrogens (tertiary/aromatic N) is 2. The summed E-state index contributed by atoms with van der Waals surface area (Å²) in [6.45, 7) is 2.36. The van der Waals surface area contributed by atoms with Crippen molar-refractivity contribution >= 4 is 46.0 Å². The SMILES string of the molecule is CCCCN1C(=O)c2cccc3c(NNC(=O)c4ccc(C(=O)N=C(N)N)[nH]4)ccc(c23)C1=O. The number of benzene rings is 2. The Bertz CT molecular complexity index is 1330. The van der Waals surface area contributed by atoms with Crippen LogP contribution in [0.5, 0.6) is 0 Å². The molecule has 0 radical (unpaired) electrons. The topological polar surface area (TPSA) is 176 Å². The van der Waals surface area contributed by atoms with Crippen molar-refractivity contribution in [2.45, 2.75) is 19.8 Å². The van der Waals surface area contributed by atoms with Gasteiger partial charge in [0.05, 0.1) is 5.69 Å². The summed E-state index contributed by atoms with van der Waals surface area (Å²) < 4.78 is 0. The second-order valence-corrected chi connectivity index (χ2v) is 7.71. The molecule has 0 fully saturated rings. The third-order valence-electron chi connectivity index (χ3n) is 5.43. The number of guanidine groups is 1. The molecule has 11 nitrogen and oxygen atoms in total. The number of nitrogens with two attached hydrogens (primary N) is 2. The van der Waals surface area contributed by atoms with Gasteiger partial charge in [0.2, 0.25) is 0 Å². The summed E-state index contributed by atoms with van der Waals surface area (Å²) in [7, 11) is 0. The molecular formula is C23H23N7O4. The van der Waals surface area contributed by atoms with Gasteiger partial charge in [0, 0.05) is 28.4 Å². The molecule has 0 spiro atoms. The van der Waals surface area contributed by atoms with E-state index in [4.69, 9.17) is 11.5 Å². The lowest BCUT2D eigenvalue weighted by atomic mass is 9.93. The summed E-state index contributed by atoms with van der Waals surface area (Å²) >= 11 is 0. The molecule has 0 bridgehead atoms. The average Bonchev–Trinajstić information content (AvgIpc) is 3.31. The number of aromatic amines is 1. The van der Waals surface area contributed by atoms with E-state index in [2.05, 4.69) is 20.8 Å². The van der Waals surface area contributed by atoms with Gasteiger partial charge in [0.15, 0.2) is 5.96 Å². The Balaban J connectivity index is 1.57. The van der Waals surface area contributed by atoms with Crippen molar-refractivity contribution in [3.8, 4) is 0 Å². The maximum absolute atomic E-state index is 13.0. The number of hydrogen-bond donors (Lipinski definition) is 5.